The fourth-order valence-electron chi connectivity index (χ4n) is 2.26. The molecule has 0 spiro atoms. The first-order chi connectivity index (χ1) is 10.1. The van der Waals surface area contributed by atoms with Crippen molar-refractivity contribution in [3.63, 3.8) is 0 Å². The normalized spacial score (nSPS) is 10.8. The molecule has 0 fully saturated rings. The van der Waals surface area contributed by atoms with Gasteiger partial charge in [-0.05, 0) is 11.5 Å². The molecule has 2 nitrogen and oxygen atoms in total. The predicted octanol–water partition coefficient (Wildman–Crippen LogP) is 5.67. The third-order valence-corrected chi connectivity index (χ3v) is 4.34. The number of rotatable bonds is 2. The lowest BCUT2D eigenvalue weighted by Gasteiger charge is -2.11. The van der Waals surface area contributed by atoms with E-state index in [9.17, 15) is 4.79 Å². The Morgan fingerprint density at radius 1 is 0.905 bits per heavy atom. The smallest absolute Gasteiger partial charge is 0.153 e. The highest BCUT2D eigenvalue weighted by Gasteiger charge is 2.16. The summed E-state index contributed by atoms with van der Waals surface area (Å²) in [7, 11) is 0. The summed E-state index contributed by atoms with van der Waals surface area (Å²) in [4.78, 5) is 15.6. The SMILES string of the molecule is O=Cc1c(Cl)nc(-c2cccc(Cl)c2Cl)c2ccccc12. The van der Waals surface area contributed by atoms with Crippen LogP contribution in [0.4, 0.5) is 0 Å². The summed E-state index contributed by atoms with van der Waals surface area (Å²) < 4.78 is 0. The van der Waals surface area contributed by atoms with Crippen molar-refractivity contribution in [2.45, 2.75) is 0 Å². The summed E-state index contributed by atoms with van der Waals surface area (Å²) in [6.45, 7) is 0. The van der Waals surface area contributed by atoms with Crippen LogP contribution in [0.15, 0.2) is 42.5 Å². The Labute approximate surface area is 136 Å². The Bertz CT molecular complexity index is 862. The van der Waals surface area contributed by atoms with E-state index in [1.165, 1.54) is 0 Å². The van der Waals surface area contributed by atoms with Crippen molar-refractivity contribution in [2.75, 3.05) is 0 Å². The van der Waals surface area contributed by atoms with Gasteiger partial charge in [-0.25, -0.2) is 4.98 Å². The van der Waals surface area contributed by atoms with E-state index in [1.807, 2.05) is 30.3 Å². The van der Waals surface area contributed by atoms with Crippen LogP contribution >= 0.6 is 34.8 Å². The Morgan fingerprint density at radius 2 is 1.62 bits per heavy atom. The first-order valence-electron chi connectivity index (χ1n) is 6.11. The minimum absolute atomic E-state index is 0.148. The molecular weight excluding hydrogens is 329 g/mol. The van der Waals surface area contributed by atoms with Crippen molar-refractivity contribution in [3.8, 4) is 11.3 Å². The van der Waals surface area contributed by atoms with Gasteiger partial charge in [0.1, 0.15) is 5.15 Å². The fraction of sp³-hybridized carbons (Fsp3) is 0. The molecule has 1 aromatic heterocycles. The quantitative estimate of drug-likeness (QED) is 0.445. The second kappa shape index (κ2) is 5.64. The van der Waals surface area contributed by atoms with Crippen molar-refractivity contribution in [1.29, 1.82) is 0 Å². The monoisotopic (exact) mass is 335 g/mol. The molecule has 3 rings (SSSR count). The molecule has 0 aliphatic heterocycles. The first-order valence-corrected chi connectivity index (χ1v) is 7.24. The van der Waals surface area contributed by atoms with E-state index in [4.69, 9.17) is 34.8 Å². The van der Waals surface area contributed by atoms with Gasteiger partial charge in [0.05, 0.1) is 21.3 Å². The predicted molar refractivity (Wildman–Crippen MR) is 87.6 cm³/mol. The van der Waals surface area contributed by atoms with Crippen LogP contribution in [0.3, 0.4) is 0 Å². The number of nitrogens with zero attached hydrogens (tertiary/aromatic N) is 1. The number of hydrogen-bond donors (Lipinski definition) is 0. The molecule has 104 valence electrons. The van der Waals surface area contributed by atoms with E-state index in [1.54, 1.807) is 12.1 Å². The van der Waals surface area contributed by atoms with Gasteiger partial charge in [-0.1, -0.05) is 71.2 Å². The lowest BCUT2D eigenvalue weighted by molar-refractivity contribution is 0.112. The van der Waals surface area contributed by atoms with Gasteiger partial charge in [0.25, 0.3) is 0 Å². The molecule has 0 unspecified atom stereocenters. The van der Waals surface area contributed by atoms with Gasteiger partial charge in [-0.15, -0.1) is 0 Å². The molecule has 1 heterocycles. The highest BCUT2D eigenvalue weighted by Crippen LogP contribution is 2.37. The summed E-state index contributed by atoms with van der Waals surface area (Å²) in [6.07, 6.45) is 0.709. The number of benzene rings is 2. The first kappa shape index (κ1) is 14.3. The van der Waals surface area contributed by atoms with Gasteiger partial charge < -0.3 is 0 Å². The van der Waals surface area contributed by atoms with Crippen molar-refractivity contribution >= 4 is 51.9 Å². The Morgan fingerprint density at radius 3 is 2.33 bits per heavy atom. The zero-order valence-electron chi connectivity index (χ0n) is 10.6. The van der Waals surface area contributed by atoms with Crippen LogP contribution in [0, 0.1) is 0 Å². The van der Waals surface area contributed by atoms with Crippen molar-refractivity contribution in [2.24, 2.45) is 0 Å². The van der Waals surface area contributed by atoms with Crippen LogP contribution in [0.2, 0.25) is 15.2 Å². The van der Waals surface area contributed by atoms with E-state index in [0.717, 1.165) is 10.8 Å². The van der Waals surface area contributed by atoms with Crippen molar-refractivity contribution in [3.05, 3.63) is 63.2 Å². The molecule has 0 amide bonds. The Balaban J connectivity index is 2.44. The topological polar surface area (TPSA) is 30.0 Å². The van der Waals surface area contributed by atoms with Gasteiger partial charge in [0, 0.05) is 10.9 Å². The van der Waals surface area contributed by atoms with Gasteiger partial charge >= 0.3 is 0 Å². The minimum Gasteiger partial charge on any atom is -0.298 e. The van der Waals surface area contributed by atoms with Gasteiger partial charge in [-0.2, -0.15) is 0 Å². The number of fused-ring (bicyclic) bond motifs is 1. The molecule has 0 bridgehead atoms. The Hall–Kier alpha value is -1.61. The molecule has 2 aromatic carbocycles. The minimum atomic E-state index is 0.148. The highest BCUT2D eigenvalue weighted by atomic mass is 35.5. The maximum absolute atomic E-state index is 11.2. The van der Waals surface area contributed by atoms with E-state index in [-0.39, 0.29) is 5.15 Å². The number of halogens is 3. The van der Waals surface area contributed by atoms with Gasteiger partial charge in [0.15, 0.2) is 6.29 Å². The lowest BCUT2D eigenvalue weighted by atomic mass is 10.0. The molecule has 0 atom stereocenters. The number of hydrogen-bond acceptors (Lipinski definition) is 2. The number of aromatic nitrogens is 1. The second-order valence-electron chi connectivity index (χ2n) is 4.43. The van der Waals surface area contributed by atoms with Crippen LogP contribution in [0.1, 0.15) is 10.4 Å². The molecule has 0 aliphatic rings. The molecule has 0 N–H and O–H groups in total. The lowest BCUT2D eigenvalue weighted by Crippen LogP contribution is -1.94. The average molecular weight is 337 g/mol. The summed E-state index contributed by atoms with van der Waals surface area (Å²) in [5, 5.41) is 2.53. The van der Waals surface area contributed by atoms with Gasteiger partial charge in [0.2, 0.25) is 0 Å². The standard InChI is InChI=1S/C16H8Cl3NO/c17-13-7-3-6-11(14(13)18)15-10-5-2-1-4-9(10)12(8-21)16(19)20-15/h1-8H. The van der Waals surface area contributed by atoms with Crippen LogP contribution < -0.4 is 0 Å². The molecule has 0 saturated heterocycles. The Kier molecular flexibility index (Phi) is 3.85. The van der Waals surface area contributed by atoms with Crippen LogP contribution in [0.25, 0.3) is 22.0 Å². The van der Waals surface area contributed by atoms with Crippen LogP contribution in [-0.2, 0) is 0 Å². The maximum Gasteiger partial charge on any atom is 0.153 e. The van der Waals surface area contributed by atoms with E-state index < -0.39 is 0 Å². The molecule has 21 heavy (non-hydrogen) atoms. The number of carbonyl (C=O) groups is 1. The van der Waals surface area contributed by atoms with Crippen molar-refractivity contribution in [1.82, 2.24) is 4.98 Å². The molecule has 0 saturated carbocycles. The molecule has 5 heteroatoms. The summed E-state index contributed by atoms with van der Waals surface area (Å²) in [6, 6.07) is 12.7. The van der Waals surface area contributed by atoms with E-state index in [0.29, 0.717) is 33.2 Å². The number of pyridine rings is 1. The van der Waals surface area contributed by atoms with E-state index in [2.05, 4.69) is 4.98 Å². The summed E-state index contributed by atoms with van der Waals surface area (Å²) >= 11 is 18.5. The zero-order chi connectivity index (χ0) is 15.0. The fourth-order valence-corrected chi connectivity index (χ4v) is 2.88. The largest absolute Gasteiger partial charge is 0.298 e. The molecular formula is C16H8Cl3NO. The molecule has 0 aliphatic carbocycles. The summed E-state index contributed by atoms with van der Waals surface area (Å²) in [5.41, 5.74) is 1.66. The second-order valence-corrected chi connectivity index (χ2v) is 5.57. The molecule has 3 aromatic rings. The van der Waals surface area contributed by atoms with Crippen LogP contribution in [0.5, 0.6) is 0 Å². The van der Waals surface area contributed by atoms with E-state index >= 15 is 0 Å². The van der Waals surface area contributed by atoms with Gasteiger partial charge in [-0.3, -0.25) is 4.79 Å². The average Bonchev–Trinajstić information content (AvgIpc) is 2.49. The zero-order valence-corrected chi connectivity index (χ0v) is 12.9. The van der Waals surface area contributed by atoms with Crippen molar-refractivity contribution < 1.29 is 4.79 Å². The third-order valence-electron chi connectivity index (χ3n) is 3.23. The summed E-state index contributed by atoms with van der Waals surface area (Å²) in [5.74, 6) is 0. The van der Waals surface area contributed by atoms with Crippen LogP contribution in [-0.4, -0.2) is 11.3 Å². The molecule has 0 radical (unpaired) electrons. The third kappa shape index (κ3) is 2.40. The number of aldehydes is 1. The maximum atomic E-state index is 11.2. The highest BCUT2D eigenvalue weighted by molar-refractivity contribution is 6.44. The number of carbonyl (C=O) groups excluding carboxylic acids is 1.